The molecule has 1 unspecified atom stereocenters. The second-order valence-electron chi connectivity index (χ2n) is 6.13. The number of hydrogen-bond acceptors (Lipinski definition) is 2. The van der Waals surface area contributed by atoms with Crippen LogP contribution in [-0.4, -0.2) is 17.6 Å². The van der Waals surface area contributed by atoms with Crippen LogP contribution in [0.25, 0.3) is 0 Å². The number of hydrogen-bond donors (Lipinski definition) is 2. The van der Waals surface area contributed by atoms with Gasteiger partial charge in [0, 0.05) is 0 Å². The van der Waals surface area contributed by atoms with Crippen LogP contribution in [0.1, 0.15) is 28.7 Å². The normalized spacial score (nSPS) is 19.7. The minimum Gasteiger partial charge on any atom is -0.383 e. The van der Waals surface area contributed by atoms with E-state index in [1.54, 1.807) is 0 Å². The minimum absolute atomic E-state index is 0.0524. The Kier molecular flexibility index (Phi) is 3.99. The molecule has 0 fully saturated rings. The third-order valence-corrected chi connectivity index (χ3v) is 4.35. The highest BCUT2D eigenvalue weighted by Crippen LogP contribution is 2.36. The Bertz CT molecular complexity index is 695. The lowest BCUT2D eigenvalue weighted by Crippen LogP contribution is -2.39. The fourth-order valence-electron chi connectivity index (χ4n) is 3.17. The summed E-state index contributed by atoms with van der Waals surface area (Å²) in [5.41, 5.74) is 3.34. The summed E-state index contributed by atoms with van der Waals surface area (Å²) in [5.74, 6) is -0.0524. The molecule has 0 aliphatic heterocycles. The van der Waals surface area contributed by atoms with E-state index < -0.39 is 5.60 Å². The number of carbonyl (C=O) groups excluding carboxylic acids is 1. The molecule has 0 radical (unpaired) electrons. The molecule has 2 aromatic carbocycles. The van der Waals surface area contributed by atoms with Crippen molar-refractivity contribution < 1.29 is 9.90 Å². The Morgan fingerprint density at radius 3 is 2.86 bits per heavy atom. The molecule has 3 nitrogen and oxygen atoms in total. The van der Waals surface area contributed by atoms with Crippen molar-refractivity contribution in [3.8, 4) is 0 Å². The summed E-state index contributed by atoms with van der Waals surface area (Å²) in [4.78, 5) is 12.1. The molecular formula is C19H21NO2. The van der Waals surface area contributed by atoms with Gasteiger partial charge >= 0.3 is 0 Å². The van der Waals surface area contributed by atoms with Crippen LogP contribution >= 0.6 is 0 Å². The standard InChI is InChI=1S/C19H21NO2/c1-14-5-4-6-15(11-14)12-18(21)20-13-19(22)10-9-16-7-2-3-8-17(16)19/h2-8,11,22H,9-10,12-13H2,1H3,(H,20,21). The molecule has 0 aromatic heterocycles. The first-order chi connectivity index (χ1) is 10.6. The number of amides is 1. The monoisotopic (exact) mass is 295 g/mol. The van der Waals surface area contributed by atoms with Gasteiger partial charge in [-0.15, -0.1) is 0 Å². The Morgan fingerprint density at radius 1 is 1.23 bits per heavy atom. The van der Waals surface area contributed by atoms with Crippen molar-refractivity contribution in [2.24, 2.45) is 0 Å². The Morgan fingerprint density at radius 2 is 2.05 bits per heavy atom. The van der Waals surface area contributed by atoms with Gasteiger partial charge in [0.1, 0.15) is 5.60 Å². The lowest BCUT2D eigenvalue weighted by molar-refractivity contribution is -0.121. The smallest absolute Gasteiger partial charge is 0.224 e. The molecule has 2 aromatic rings. The van der Waals surface area contributed by atoms with Crippen LogP contribution in [0.3, 0.4) is 0 Å². The van der Waals surface area contributed by atoms with Gasteiger partial charge in [0.15, 0.2) is 0 Å². The maximum Gasteiger partial charge on any atom is 0.224 e. The molecule has 3 heteroatoms. The van der Waals surface area contributed by atoms with E-state index in [1.165, 1.54) is 5.56 Å². The van der Waals surface area contributed by atoms with Gasteiger partial charge in [-0.2, -0.15) is 0 Å². The van der Waals surface area contributed by atoms with Crippen LogP contribution in [-0.2, 0) is 23.2 Å². The van der Waals surface area contributed by atoms with E-state index in [1.807, 2.05) is 55.5 Å². The first-order valence-corrected chi connectivity index (χ1v) is 7.70. The molecule has 114 valence electrons. The molecule has 3 rings (SSSR count). The zero-order chi connectivity index (χ0) is 15.6. The SMILES string of the molecule is Cc1cccc(CC(=O)NCC2(O)CCc3ccccc32)c1. The van der Waals surface area contributed by atoms with E-state index in [0.717, 1.165) is 23.1 Å². The van der Waals surface area contributed by atoms with Crippen LogP contribution in [0.4, 0.5) is 0 Å². The lowest BCUT2D eigenvalue weighted by atomic mass is 9.96. The lowest BCUT2D eigenvalue weighted by Gasteiger charge is -2.24. The van der Waals surface area contributed by atoms with E-state index >= 15 is 0 Å². The maximum absolute atomic E-state index is 12.1. The van der Waals surface area contributed by atoms with Crippen molar-refractivity contribution in [3.05, 3.63) is 70.8 Å². The predicted molar refractivity (Wildman–Crippen MR) is 86.6 cm³/mol. The Hall–Kier alpha value is -2.13. The molecule has 0 saturated heterocycles. The van der Waals surface area contributed by atoms with Crippen LogP contribution in [0.5, 0.6) is 0 Å². The van der Waals surface area contributed by atoms with Crippen molar-refractivity contribution in [2.75, 3.05) is 6.54 Å². The first-order valence-electron chi connectivity index (χ1n) is 7.70. The molecule has 1 aliphatic carbocycles. The number of rotatable bonds is 4. The van der Waals surface area contributed by atoms with E-state index in [0.29, 0.717) is 12.8 Å². The molecule has 0 heterocycles. The number of carbonyl (C=O) groups is 1. The third kappa shape index (κ3) is 3.04. The van der Waals surface area contributed by atoms with Gasteiger partial charge in [-0.25, -0.2) is 0 Å². The van der Waals surface area contributed by atoms with Crippen LogP contribution in [0.2, 0.25) is 0 Å². The summed E-state index contributed by atoms with van der Waals surface area (Å²) in [5, 5.41) is 13.7. The van der Waals surface area contributed by atoms with Gasteiger partial charge < -0.3 is 10.4 Å². The van der Waals surface area contributed by atoms with Gasteiger partial charge in [0.05, 0.1) is 13.0 Å². The summed E-state index contributed by atoms with van der Waals surface area (Å²) in [6, 6.07) is 15.9. The molecule has 0 spiro atoms. The number of aliphatic hydroxyl groups is 1. The zero-order valence-electron chi connectivity index (χ0n) is 12.8. The Balaban J connectivity index is 1.62. The summed E-state index contributed by atoms with van der Waals surface area (Å²) >= 11 is 0. The fraction of sp³-hybridized carbons (Fsp3) is 0.316. The van der Waals surface area contributed by atoms with Crippen molar-refractivity contribution in [1.29, 1.82) is 0 Å². The average molecular weight is 295 g/mol. The van der Waals surface area contributed by atoms with Crippen LogP contribution < -0.4 is 5.32 Å². The van der Waals surface area contributed by atoms with Crippen molar-refractivity contribution in [1.82, 2.24) is 5.32 Å². The summed E-state index contributed by atoms with van der Waals surface area (Å²) < 4.78 is 0. The van der Waals surface area contributed by atoms with Gasteiger partial charge in [-0.05, 0) is 36.5 Å². The molecule has 1 aliphatic rings. The largest absolute Gasteiger partial charge is 0.383 e. The van der Waals surface area contributed by atoms with Gasteiger partial charge in [-0.1, -0.05) is 54.1 Å². The summed E-state index contributed by atoms with van der Waals surface area (Å²) in [6.45, 7) is 2.29. The second kappa shape index (κ2) is 5.93. The topological polar surface area (TPSA) is 49.3 Å². The van der Waals surface area contributed by atoms with E-state index in [4.69, 9.17) is 0 Å². The molecule has 2 N–H and O–H groups in total. The molecule has 1 atom stereocenters. The average Bonchev–Trinajstić information content (AvgIpc) is 2.84. The minimum atomic E-state index is -0.932. The van der Waals surface area contributed by atoms with Crippen molar-refractivity contribution in [3.63, 3.8) is 0 Å². The number of aryl methyl sites for hydroxylation is 2. The van der Waals surface area contributed by atoms with Crippen LogP contribution in [0, 0.1) is 6.92 Å². The third-order valence-electron chi connectivity index (χ3n) is 4.35. The van der Waals surface area contributed by atoms with Gasteiger partial charge in [0.2, 0.25) is 5.91 Å². The molecule has 0 bridgehead atoms. The number of nitrogens with one attached hydrogen (secondary N) is 1. The quantitative estimate of drug-likeness (QED) is 0.910. The molecule has 0 saturated carbocycles. The van der Waals surface area contributed by atoms with Crippen molar-refractivity contribution >= 4 is 5.91 Å². The zero-order valence-corrected chi connectivity index (χ0v) is 12.8. The molecule has 22 heavy (non-hydrogen) atoms. The fourth-order valence-corrected chi connectivity index (χ4v) is 3.17. The summed E-state index contributed by atoms with van der Waals surface area (Å²) in [7, 11) is 0. The first kappa shape index (κ1) is 14.8. The van der Waals surface area contributed by atoms with Gasteiger partial charge in [-0.3, -0.25) is 4.79 Å². The molecule has 1 amide bonds. The molecular weight excluding hydrogens is 274 g/mol. The van der Waals surface area contributed by atoms with E-state index in [2.05, 4.69) is 5.32 Å². The highest BCUT2D eigenvalue weighted by Gasteiger charge is 2.36. The highest BCUT2D eigenvalue weighted by atomic mass is 16.3. The van der Waals surface area contributed by atoms with Crippen LogP contribution in [0.15, 0.2) is 48.5 Å². The highest BCUT2D eigenvalue weighted by molar-refractivity contribution is 5.78. The van der Waals surface area contributed by atoms with Gasteiger partial charge in [0.25, 0.3) is 0 Å². The number of fused-ring (bicyclic) bond motifs is 1. The van der Waals surface area contributed by atoms with E-state index in [-0.39, 0.29) is 12.5 Å². The van der Waals surface area contributed by atoms with Crippen molar-refractivity contribution in [2.45, 2.75) is 31.8 Å². The summed E-state index contributed by atoms with van der Waals surface area (Å²) in [6.07, 6.45) is 1.87. The number of benzene rings is 2. The Labute approximate surface area is 131 Å². The van der Waals surface area contributed by atoms with E-state index in [9.17, 15) is 9.90 Å². The second-order valence-corrected chi connectivity index (χ2v) is 6.13. The predicted octanol–water partition coefficient (Wildman–Crippen LogP) is 2.49. The maximum atomic E-state index is 12.1.